The van der Waals surface area contributed by atoms with E-state index in [2.05, 4.69) is 17.0 Å². The number of furan rings is 1. The van der Waals surface area contributed by atoms with E-state index in [1.165, 1.54) is 0 Å². The molecule has 0 aliphatic carbocycles. The van der Waals surface area contributed by atoms with Gasteiger partial charge in [0, 0.05) is 12.5 Å². The Kier molecular flexibility index (Phi) is 7.12. The Bertz CT molecular complexity index is 429. The van der Waals surface area contributed by atoms with Gasteiger partial charge in [0.15, 0.2) is 0 Å². The van der Waals surface area contributed by atoms with Crippen molar-refractivity contribution >= 4 is 10.0 Å². The van der Waals surface area contributed by atoms with Gasteiger partial charge >= 0.3 is 0 Å². The van der Waals surface area contributed by atoms with Gasteiger partial charge in [-0.15, -0.1) is 0 Å². The lowest BCUT2D eigenvalue weighted by Crippen LogP contribution is -2.36. The maximum atomic E-state index is 11.8. The van der Waals surface area contributed by atoms with Crippen LogP contribution in [0.15, 0.2) is 22.8 Å². The molecule has 1 atom stereocenters. The molecule has 0 saturated heterocycles. The molecule has 1 aromatic heterocycles. The topological polar surface area (TPSA) is 71.3 Å². The summed E-state index contributed by atoms with van der Waals surface area (Å²) in [6.45, 7) is 5.60. The predicted molar refractivity (Wildman–Crippen MR) is 76.6 cm³/mol. The van der Waals surface area contributed by atoms with Crippen molar-refractivity contribution in [1.29, 1.82) is 0 Å². The molecule has 0 aliphatic rings. The van der Waals surface area contributed by atoms with Crippen LogP contribution >= 0.6 is 0 Å². The van der Waals surface area contributed by atoms with Gasteiger partial charge in [-0.25, -0.2) is 13.1 Å². The van der Waals surface area contributed by atoms with Crippen molar-refractivity contribution in [1.82, 2.24) is 10.0 Å². The van der Waals surface area contributed by atoms with Crippen LogP contribution in [0.2, 0.25) is 0 Å². The minimum absolute atomic E-state index is 0.153. The molecule has 0 aromatic carbocycles. The van der Waals surface area contributed by atoms with Crippen LogP contribution in [0.1, 0.15) is 32.4 Å². The molecule has 110 valence electrons. The Morgan fingerprint density at radius 2 is 2.16 bits per heavy atom. The van der Waals surface area contributed by atoms with Gasteiger partial charge in [-0.3, -0.25) is 0 Å². The molecule has 0 spiro atoms. The molecule has 5 nitrogen and oxygen atoms in total. The first-order valence-corrected chi connectivity index (χ1v) is 8.42. The lowest BCUT2D eigenvalue weighted by molar-refractivity contribution is 0.478. The molecule has 0 radical (unpaired) electrons. The molecule has 0 fully saturated rings. The highest BCUT2D eigenvalue weighted by Gasteiger charge is 2.15. The van der Waals surface area contributed by atoms with E-state index >= 15 is 0 Å². The van der Waals surface area contributed by atoms with Crippen LogP contribution in [-0.4, -0.2) is 33.3 Å². The Hall–Kier alpha value is -0.850. The van der Waals surface area contributed by atoms with Crippen molar-refractivity contribution in [2.45, 2.75) is 39.2 Å². The summed E-state index contributed by atoms with van der Waals surface area (Å²) in [7, 11) is -3.20. The molecule has 0 aliphatic heterocycles. The highest BCUT2D eigenvalue weighted by atomic mass is 32.2. The Morgan fingerprint density at radius 3 is 2.79 bits per heavy atom. The number of sulfonamides is 1. The number of hydrogen-bond acceptors (Lipinski definition) is 4. The number of nitrogens with one attached hydrogen (secondary N) is 2. The third-order valence-electron chi connectivity index (χ3n) is 2.66. The molecule has 1 unspecified atom stereocenters. The lowest BCUT2D eigenvalue weighted by atomic mass is 10.2. The number of hydrogen-bond donors (Lipinski definition) is 2. The van der Waals surface area contributed by atoms with Gasteiger partial charge in [0.1, 0.15) is 5.76 Å². The van der Waals surface area contributed by atoms with Gasteiger partial charge in [0.25, 0.3) is 0 Å². The summed E-state index contributed by atoms with van der Waals surface area (Å²) in [5.74, 6) is 0.950. The van der Waals surface area contributed by atoms with E-state index in [9.17, 15) is 8.42 Å². The van der Waals surface area contributed by atoms with Crippen molar-refractivity contribution in [3.05, 3.63) is 24.2 Å². The minimum atomic E-state index is -3.20. The fourth-order valence-corrected chi connectivity index (χ4v) is 3.17. The van der Waals surface area contributed by atoms with Gasteiger partial charge in [0.2, 0.25) is 10.0 Å². The molecule has 2 N–H and O–H groups in total. The average molecular weight is 288 g/mol. The summed E-state index contributed by atoms with van der Waals surface area (Å²) in [6.07, 6.45) is 3.85. The van der Waals surface area contributed by atoms with Crippen LogP contribution in [-0.2, 0) is 16.4 Å². The summed E-state index contributed by atoms with van der Waals surface area (Å²) in [4.78, 5) is 0. The second-order valence-electron chi connectivity index (χ2n) is 4.72. The average Bonchev–Trinajstić information content (AvgIpc) is 2.80. The first-order valence-electron chi connectivity index (χ1n) is 6.76. The van der Waals surface area contributed by atoms with E-state index in [0.717, 1.165) is 25.3 Å². The number of rotatable bonds is 10. The van der Waals surface area contributed by atoms with Gasteiger partial charge in [0.05, 0.1) is 12.0 Å². The van der Waals surface area contributed by atoms with Crippen molar-refractivity contribution in [3.63, 3.8) is 0 Å². The smallest absolute Gasteiger partial charge is 0.211 e. The molecular formula is C13H24N2O3S. The van der Waals surface area contributed by atoms with Crippen molar-refractivity contribution in [2.75, 3.05) is 18.8 Å². The summed E-state index contributed by atoms with van der Waals surface area (Å²) in [6, 6.07) is 3.50. The standard InChI is InChI=1S/C13H24N2O3S/c1-3-7-14-8-5-10-19(16,17)15-12(2)11-13-6-4-9-18-13/h4,6,9,12,14-15H,3,5,7-8,10-11H2,1-2H3. The highest BCUT2D eigenvalue weighted by molar-refractivity contribution is 7.89. The van der Waals surface area contributed by atoms with Gasteiger partial charge in [-0.2, -0.15) is 0 Å². The van der Waals surface area contributed by atoms with Crippen molar-refractivity contribution in [2.24, 2.45) is 0 Å². The van der Waals surface area contributed by atoms with Gasteiger partial charge in [-0.1, -0.05) is 6.92 Å². The zero-order valence-corrected chi connectivity index (χ0v) is 12.5. The maximum absolute atomic E-state index is 11.8. The fraction of sp³-hybridized carbons (Fsp3) is 0.692. The van der Waals surface area contributed by atoms with Gasteiger partial charge in [-0.05, 0) is 45.0 Å². The maximum Gasteiger partial charge on any atom is 0.211 e. The fourth-order valence-electron chi connectivity index (χ4n) is 1.83. The van der Waals surface area contributed by atoms with E-state index in [1.54, 1.807) is 12.3 Å². The monoisotopic (exact) mass is 288 g/mol. The SMILES string of the molecule is CCCNCCCS(=O)(=O)NC(C)Cc1ccco1. The second kappa shape index (κ2) is 8.35. The molecule has 0 amide bonds. The molecule has 0 saturated carbocycles. The van der Waals surface area contributed by atoms with E-state index in [1.807, 2.05) is 13.0 Å². The van der Waals surface area contributed by atoms with E-state index in [-0.39, 0.29) is 11.8 Å². The van der Waals surface area contributed by atoms with Crippen molar-refractivity contribution in [3.8, 4) is 0 Å². The first kappa shape index (κ1) is 16.2. The molecule has 1 rings (SSSR count). The van der Waals surface area contributed by atoms with Crippen LogP contribution in [0, 0.1) is 0 Å². The Labute approximate surface area is 115 Å². The summed E-state index contributed by atoms with van der Waals surface area (Å²) in [5.41, 5.74) is 0. The third kappa shape index (κ3) is 7.34. The molecule has 19 heavy (non-hydrogen) atoms. The molecular weight excluding hydrogens is 264 g/mol. The Morgan fingerprint density at radius 1 is 1.37 bits per heavy atom. The zero-order chi connectivity index (χ0) is 14.1. The molecule has 1 heterocycles. The zero-order valence-electron chi connectivity index (χ0n) is 11.7. The second-order valence-corrected chi connectivity index (χ2v) is 6.60. The van der Waals surface area contributed by atoms with E-state index in [0.29, 0.717) is 12.8 Å². The van der Waals surface area contributed by atoms with E-state index < -0.39 is 10.0 Å². The molecule has 1 aromatic rings. The summed E-state index contributed by atoms with van der Waals surface area (Å²) < 4.78 is 31.5. The lowest BCUT2D eigenvalue weighted by Gasteiger charge is -2.13. The van der Waals surface area contributed by atoms with Crippen LogP contribution in [0.4, 0.5) is 0 Å². The quantitative estimate of drug-likeness (QED) is 0.640. The van der Waals surface area contributed by atoms with Crippen LogP contribution in [0.3, 0.4) is 0 Å². The van der Waals surface area contributed by atoms with Crippen LogP contribution < -0.4 is 10.0 Å². The van der Waals surface area contributed by atoms with Gasteiger partial charge < -0.3 is 9.73 Å². The Balaban J connectivity index is 2.25. The van der Waals surface area contributed by atoms with Crippen LogP contribution in [0.5, 0.6) is 0 Å². The largest absolute Gasteiger partial charge is 0.469 e. The predicted octanol–water partition coefficient (Wildman–Crippen LogP) is 1.52. The summed E-state index contributed by atoms with van der Waals surface area (Å²) in [5, 5.41) is 3.19. The first-order chi connectivity index (χ1) is 9.03. The normalized spacial score (nSPS) is 13.6. The molecule has 0 bridgehead atoms. The molecule has 6 heteroatoms. The van der Waals surface area contributed by atoms with Crippen molar-refractivity contribution < 1.29 is 12.8 Å². The third-order valence-corrected chi connectivity index (χ3v) is 4.25. The van der Waals surface area contributed by atoms with Crippen LogP contribution in [0.25, 0.3) is 0 Å². The summed E-state index contributed by atoms with van der Waals surface area (Å²) >= 11 is 0. The highest BCUT2D eigenvalue weighted by Crippen LogP contribution is 2.05. The minimum Gasteiger partial charge on any atom is -0.469 e. The van der Waals surface area contributed by atoms with E-state index in [4.69, 9.17) is 4.42 Å².